The molecule has 1 N–H and O–H groups in total. The molecule has 1 heterocycles. The predicted molar refractivity (Wildman–Crippen MR) is 87.2 cm³/mol. The summed E-state index contributed by atoms with van der Waals surface area (Å²) in [6, 6.07) is 9.67. The maximum absolute atomic E-state index is 3.86. The molecule has 2 aromatic rings. The predicted octanol–water partition coefficient (Wildman–Crippen LogP) is 4.99. The molecule has 2 fully saturated rings. The van der Waals surface area contributed by atoms with Crippen LogP contribution in [0.5, 0.6) is 0 Å². The van der Waals surface area contributed by atoms with E-state index >= 15 is 0 Å². The summed E-state index contributed by atoms with van der Waals surface area (Å²) in [6.07, 6.45) is 5.64. The van der Waals surface area contributed by atoms with E-state index < -0.39 is 0 Å². The maximum atomic E-state index is 3.86. The van der Waals surface area contributed by atoms with Crippen LogP contribution in [0.1, 0.15) is 44.2 Å². The number of rotatable bonds is 5. The molecule has 0 spiro atoms. The Labute approximate surface area is 125 Å². The zero-order valence-electron chi connectivity index (χ0n) is 12.1. The Balaban J connectivity index is 1.67. The van der Waals surface area contributed by atoms with E-state index in [9.17, 15) is 0 Å². The second-order valence-electron chi connectivity index (χ2n) is 6.61. The number of hydrogen-bond donors (Lipinski definition) is 1. The van der Waals surface area contributed by atoms with E-state index in [1.54, 1.807) is 5.56 Å². The first kappa shape index (κ1) is 12.8. The lowest BCUT2D eigenvalue weighted by Gasteiger charge is -2.27. The fourth-order valence-corrected chi connectivity index (χ4v) is 5.08. The molecule has 3 atom stereocenters. The molecular formula is C18H23NS. The zero-order valence-corrected chi connectivity index (χ0v) is 13.0. The van der Waals surface area contributed by atoms with Gasteiger partial charge in [-0.25, -0.2) is 0 Å². The largest absolute Gasteiger partial charge is 0.310 e. The van der Waals surface area contributed by atoms with Crippen molar-refractivity contribution >= 4 is 21.4 Å². The van der Waals surface area contributed by atoms with Crippen LogP contribution in [0, 0.1) is 17.8 Å². The van der Waals surface area contributed by atoms with E-state index in [1.807, 2.05) is 11.3 Å². The van der Waals surface area contributed by atoms with Gasteiger partial charge in [0.05, 0.1) is 0 Å². The Kier molecular flexibility index (Phi) is 3.31. The first-order valence-corrected chi connectivity index (χ1v) is 8.94. The molecule has 3 unspecified atom stereocenters. The molecule has 4 rings (SSSR count). The van der Waals surface area contributed by atoms with Crippen LogP contribution in [0.25, 0.3) is 10.1 Å². The van der Waals surface area contributed by atoms with Gasteiger partial charge in [-0.3, -0.25) is 0 Å². The van der Waals surface area contributed by atoms with Crippen molar-refractivity contribution in [3.63, 3.8) is 0 Å². The van der Waals surface area contributed by atoms with Crippen molar-refractivity contribution in [2.45, 2.75) is 38.6 Å². The summed E-state index contributed by atoms with van der Waals surface area (Å²) < 4.78 is 1.50. The highest BCUT2D eigenvalue weighted by Crippen LogP contribution is 2.57. The van der Waals surface area contributed by atoms with Crippen LogP contribution in [0.4, 0.5) is 0 Å². The lowest BCUT2D eigenvalue weighted by molar-refractivity contribution is 0.344. The van der Waals surface area contributed by atoms with Crippen molar-refractivity contribution in [1.82, 2.24) is 5.32 Å². The van der Waals surface area contributed by atoms with E-state index in [2.05, 4.69) is 41.9 Å². The number of fused-ring (bicyclic) bond motifs is 2. The van der Waals surface area contributed by atoms with Gasteiger partial charge in [-0.05, 0) is 72.4 Å². The van der Waals surface area contributed by atoms with Crippen LogP contribution < -0.4 is 5.32 Å². The van der Waals surface area contributed by atoms with Crippen molar-refractivity contribution in [2.75, 3.05) is 6.54 Å². The molecule has 2 aliphatic rings. The Morgan fingerprint density at radius 3 is 2.85 bits per heavy atom. The van der Waals surface area contributed by atoms with Crippen molar-refractivity contribution in [3.05, 3.63) is 35.2 Å². The van der Waals surface area contributed by atoms with Crippen molar-refractivity contribution in [2.24, 2.45) is 17.8 Å². The molecule has 2 aliphatic carbocycles. The quantitative estimate of drug-likeness (QED) is 0.816. The van der Waals surface area contributed by atoms with Crippen LogP contribution in [0.3, 0.4) is 0 Å². The molecule has 1 aromatic carbocycles. The van der Waals surface area contributed by atoms with Crippen LogP contribution in [-0.4, -0.2) is 6.54 Å². The molecular weight excluding hydrogens is 262 g/mol. The second kappa shape index (κ2) is 5.16. The Morgan fingerprint density at radius 2 is 2.05 bits per heavy atom. The molecule has 1 nitrogen and oxygen atoms in total. The molecule has 2 saturated carbocycles. The molecule has 0 amide bonds. The smallest absolute Gasteiger partial charge is 0.0390 e. The number of thiophene rings is 1. The topological polar surface area (TPSA) is 12.0 Å². The highest BCUT2D eigenvalue weighted by molar-refractivity contribution is 7.17. The summed E-state index contributed by atoms with van der Waals surface area (Å²) in [7, 11) is 0. The standard InChI is InChI=1S/C18H23NS/c1-2-7-19-17(15-10-13-9-14(13)11-15)16-5-3-4-12-6-8-20-18(12)16/h3-6,8,13-15,17,19H,2,7,9-11H2,1H3. The van der Waals surface area contributed by atoms with E-state index in [0.717, 1.165) is 24.3 Å². The van der Waals surface area contributed by atoms with Crippen LogP contribution in [0.2, 0.25) is 0 Å². The normalized spacial score (nSPS) is 29.6. The van der Waals surface area contributed by atoms with Crippen LogP contribution >= 0.6 is 11.3 Å². The van der Waals surface area contributed by atoms with Gasteiger partial charge < -0.3 is 5.32 Å². The second-order valence-corrected chi connectivity index (χ2v) is 7.52. The van der Waals surface area contributed by atoms with Crippen molar-refractivity contribution in [1.29, 1.82) is 0 Å². The summed E-state index contributed by atoms with van der Waals surface area (Å²) in [6.45, 7) is 3.40. The van der Waals surface area contributed by atoms with E-state index in [0.29, 0.717) is 6.04 Å². The zero-order chi connectivity index (χ0) is 13.5. The summed E-state index contributed by atoms with van der Waals surface area (Å²) >= 11 is 1.91. The number of benzene rings is 1. The van der Waals surface area contributed by atoms with Gasteiger partial charge in [0.1, 0.15) is 0 Å². The molecule has 0 bridgehead atoms. The van der Waals surface area contributed by atoms with Crippen molar-refractivity contribution in [3.8, 4) is 0 Å². The number of nitrogens with one attached hydrogen (secondary N) is 1. The fourth-order valence-electron chi connectivity index (χ4n) is 4.13. The lowest BCUT2D eigenvalue weighted by atomic mass is 9.88. The molecule has 106 valence electrons. The minimum absolute atomic E-state index is 0.574. The Bertz CT molecular complexity index is 592. The molecule has 0 radical (unpaired) electrons. The first-order valence-electron chi connectivity index (χ1n) is 8.06. The minimum Gasteiger partial charge on any atom is -0.310 e. The summed E-state index contributed by atoms with van der Waals surface area (Å²) in [5.41, 5.74) is 1.55. The fraction of sp³-hybridized carbons (Fsp3) is 0.556. The average Bonchev–Trinajstić information content (AvgIpc) is 2.91. The third-order valence-electron chi connectivity index (χ3n) is 5.21. The Hall–Kier alpha value is -0.860. The Morgan fingerprint density at radius 1 is 1.20 bits per heavy atom. The van der Waals surface area contributed by atoms with E-state index in [-0.39, 0.29) is 0 Å². The maximum Gasteiger partial charge on any atom is 0.0390 e. The van der Waals surface area contributed by atoms with Gasteiger partial charge in [0.15, 0.2) is 0 Å². The highest BCUT2D eigenvalue weighted by Gasteiger charge is 2.48. The minimum atomic E-state index is 0.574. The van der Waals surface area contributed by atoms with Gasteiger partial charge in [0.2, 0.25) is 0 Å². The van der Waals surface area contributed by atoms with Gasteiger partial charge in [0, 0.05) is 10.7 Å². The van der Waals surface area contributed by atoms with Crippen LogP contribution in [-0.2, 0) is 0 Å². The third kappa shape index (κ3) is 2.19. The third-order valence-corrected chi connectivity index (χ3v) is 6.19. The molecule has 20 heavy (non-hydrogen) atoms. The van der Waals surface area contributed by atoms with Gasteiger partial charge >= 0.3 is 0 Å². The monoisotopic (exact) mass is 285 g/mol. The highest BCUT2D eigenvalue weighted by atomic mass is 32.1. The SMILES string of the molecule is CCCNC(c1cccc2ccsc12)C1CC2CC2C1. The summed E-state index contributed by atoms with van der Waals surface area (Å²) in [4.78, 5) is 0. The van der Waals surface area contributed by atoms with Gasteiger partial charge in [-0.15, -0.1) is 11.3 Å². The molecule has 0 saturated heterocycles. The lowest BCUT2D eigenvalue weighted by Crippen LogP contribution is -2.28. The van der Waals surface area contributed by atoms with Gasteiger partial charge in [-0.1, -0.05) is 25.1 Å². The van der Waals surface area contributed by atoms with Gasteiger partial charge in [-0.2, -0.15) is 0 Å². The van der Waals surface area contributed by atoms with E-state index in [1.165, 1.54) is 35.8 Å². The van der Waals surface area contributed by atoms with Gasteiger partial charge in [0.25, 0.3) is 0 Å². The molecule has 0 aliphatic heterocycles. The molecule has 2 heteroatoms. The summed E-state index contributed by atoms with van der Waals surface area (Å²) in [5.74, 6) is 2.99. The molecule has 1 aromatic heterocycles. The first-order chi connectivity index (χ1) is 9.86. The average molecular weight is 285 g/mol. The van der Waals surface area contributed by atoms with E-state index in [4.69, 9.17) is 0 Å². The number of hydrogen-bond acceptors (Lipinski definition) is 2. The summed E-state index contributed by atoms with van der Waals surface area (Å²) in [5, 5.41) is 7.51. The van der Waals surface area contributed by atoms with Crippen molar-refractivity contribution < 1.29 is 0 Å². The van der Waals surface area contributed by atoms with Crippen LogP contribution in [0.15, 0.2) is 29.6 Å².